The van der Waals surface area contributed by atoms with Gasteiger partial charge in [-0.05, 0) is 31.2 Å². The summed E-state index contributed by atoms with van der Waals surface area (Å²) in [7, 11) is -3.14. The van der Waals surface area contributed by atoms with Gasteiger partial charge in [-0.15, -0.1) is 0 Å². The lowest BCUT2D eigenvalue weighted by Gasteiger charge is -2.59. The summed E-state index contributed by atoms with van der Waals surface area (Å²) in [6.07, 6.45) is 6.98. The van der Waals surface area contributed by atoms with Gasteiger partial charge in [0.1, 0.15) is 0 Å². The van der Waals surface area contributed by atoms with Crippen molar-refractivity contribution in [1.29, 1.82) is 0 Å². The van der Waals surface area contributed by atoms with Gasteiger partial charge in [-0.2, -0.15) is 0 Å². The van der Waals surface area contributed by atoms with Crippen molar-refractivity contribution >= 4 is 15.9 Å². The van der Waals surface area contributed by atoms with Crippen LogP contribution in [0.2, 0.25) is 0 Å². The fraction of sp³-hybridized carbons (Fsp3) is 0.632. The van der Waals surface area contributed by atoms with Crippen molar-refractivity contribution in [1.82, 2.24) is 9.21 Å². The van der Waals surface area contributed by atoms with Crippen molar-refractivity contribution in [3.05, 3.63) is 35.9 Å². The molecule has 2 aliphatic heterocycles. The highest BCUT2D eigenvalue weighted by molar-refractivity contribution is 7.88. The number of β-lactam (4-membered cyclic amide) rings is 1. The van der Waals surface area contributed by atoms with Crippen LogP contribution >= 0.6 is 0 Å². The molecule has 1 atom stereocenters. The van der Waals surface area contributed by atoms with Crippen LogP contribution < -0.4 is 0 Å². The van der Waals surface area contributed by atoms with Crippen molar-refractivity contribution in [2.45, 2.75) is 50.6 Å². The summed E-state index contributed by atoms with van der Waals surface area (Å²) in [5.41, 5.74) is 1.03. The van der Waals surface area contributed by atoms with Crippen LogP contribution in [0.3, 0.4) is 0 Å². The second-order valence-electron chi connectivity index (χ2n) is 7.78. The number of carbonyl (C=O) groups is 1. The van der Waals surface area contributed by atoms with E-state index in [0.29, 0.717) is 19.0 Å². The molecule has 3 fully saturated rings. The number of hydrogen-bond acceptors (Lipinski definition) is 3. The van der Waals surface area contributed by atoms with E-state index in [2.05, 4.69) is 17.0 Å². The Hall–Kier alpha value is -1.40. The van der Waals surface area contributed by atoms with E-state index in [1.165, 1.54) is 16.1 Å². The smallest absolute Gasteiger partial charge is 0.232 e. The molecular weight excluding hydrogens is 336 g/mol. The second kappa shape index (κ2) is 6.09. The molecule has 4 rings (SSSR count). The predicted octanol–water partition coefficient (Wildman–Crippen LogP) is 2.55. The number of sulfonamides is 1. The van der Waals surface area contributed by atoms with Crippen LogP contribution in [0.5, 0.6) is 0 Å². The predicted molar refractivity (Wildman–Crippen MR) is 96.4 cm³/mol. The van der Waals surface area contributed by atoms with Crippen LogP contribution in [0.25, 0.3) is 0 Å². The fourth-order valence-electron chi connectivity index (χ4n) is 5.13. The Morgan fingerprint density at radius 3 is 2.20 bits per heavy atom. The average Bonchev–Trinajstić information content (AvgIpc) is 3.11. The van der Waals surface area contributed by atoms with Gasteiger partial charge in [0.15, 0.2) is 0 Å². The maximum absolute atomic E-state index is 13.1. The maximum Gasteiger partial charge on any atom is 0.232 e. The summed E-state index contributed by atoms with van der Waals surface area (Å²) in [4.78, 5) is 15.2. The minimum absolute atomic E-state index is 0.155. The molecule has 1 unspecified atom stereocenters. The summed E-state index contributed by atoms with van der Waals surface area (Å²) in [5, 5.41) is 0. The Bertz CT molecular complexity index is 748. The largest absolute Gasteiger partial charge is 0.331 e. The lowest BCUT2D eigenvalue weighted by molar-refractivity contribution is -0.180. The number of likely N-dealkylation sites (tertiary alicyclic amines) is 1. The van der Waals surface area contributed by atoms with Crippen molar-refractivity contribution in [3.63, 3.8) is 0 Å². The van der Waals surface area contributed by atoms with Crippen LogP contribution in [-0.4, -0.2) is 48.9 Å². The molecule has 136 valence electrons. The highest BCUT2D eigenvalue weighted by Gasteiger charge is 2.63. The average molecular weight is 362 g/mol. The van der Waals surface area contributed by atoms with E-state index in [9.17, 15) is 13.2 Å². The molecule has 6 heteroatoms. The molecule has 1 aliphatic carbocycles. The molecule has 2 saturated heterocycles. The standard InChI is InChI=1S/C19H26N2O3S/c1-25(23,24)20-13-9-16(10-14-20)21-17(15-7-3-2-4-8-15)19(18(21)22)11-5-6-12-19/h2-4,7-8,16-17H,5-6,9-14H2,1H3. The van der Waals surface area contributed by atoms with Gasteiger partial charge >= 0.3 is 0 Å². The molecular formula is C19H26N2O3S. The van der Waals surface area contributed by atoms with Gasteiger partial charge in [-0.3, -0.25) is 4.79 Å². The normalized spacial score (nSPS) is 27.6. The molecule has 0 aromatic heterocycles. The van der Waals surface area contributed by atoms with Gasteiger partial charge in [0, 0.05) is 19.1 Å². The molecule has 1 aromatic rings. The minimum Gasteiger partial charge on any atom is -0.331 e. The van der Waals surface area contributed by atoms with E-state index in [-0.39, 0.29) is 17.5 Å². The highest BCUT2D eigenvalue weighted by atomic mass is 32.2. The topological polar surface area (TPSA) is 57.7 Å². The van der Waals surface area contributed by atoms with E-state index in [1.54, 1.807) is 0 Å². The first-order valence-electron chi connectivity index (χ1n) is 9.26. The van der Waals surface area contributed by atoms with Gasteiger partial charge < -0.3 is 4.90 Å². The van der Waals surface area contributed by atoms with E-state index < -0.39 is 10.0 Å². The third kappa shape index (κ3) is 2.70. The summed E-state index contributed by atoms with van der Waals surface area (Å²) in [6, 6.07) is 10.7. The van der Waals surface area contributed by atoms with E-state index in [0.717, 1.165) is 38.5 Å². The molecule has 1 aromatic carbocycles. The number of hydrogen-bond donors (Lipinski definition) is 0. The molecule has 25 heavy (non-hydrogen) atoms. The zero-order valence-corrected chi connectivity index (χ0v) is 15.5. The fourth-order valence-corrected chi connectivity index (χ4v) is 6.00. The SMILES string of the molecule is CS(=O)(=O)N1CCC(N2C(=O)C3(CCCC3)C2c2ccccc2)CC1. The number of rotatable bonds is 3. The van der Waals surface area contributed by atoms with Crippen molar-refractivity contribution in [2.24, 2.45) is 5.41 Å². The van der Waals surface area contributed by atoms with Crippen LogP contribution in [0.1, 0.15) is 50.1 Å². The van der Waals surface area contributed by atoms with Gasteiger partial charge in [-0.1, -0.05) is 43.2 Å². The molecule has 0 bridgehead atoms. The van der Waals surface area contributed by atoms with Gasteiger partial charge in [0.2, 0.25) is 15.9 Å². The second-order valence-corrected chi connectivity index (χ2v) is 9.76. The summed E-state index contributed by atoms with van der Waals surface area (Å²) in [5.74, 6) is 0.302. The van der Waals surface area contributed by atoms with Crippen LogP contribution in [0, 0.1) is 5.41 Å². The maximum atomic E-state index is 13.1. The van der Waals surface area contributed by atoms with Crippen LogP contribution in [0.15, 0.2) is 30.3 Å². The monoisotopic (exact) mass is 362 g/mol. The third-order valence-electron chi connectivity index (χ3n) is 6.36. The van der Waals surface area contributed by atoms with Crippen molar-refractivity contribution in [2.75, 3.05) is 19.3 Å². The molecule has 1 saturated carbocycles. The molecule has 1 spiro atoms. The Morgan fingerprint density at radius 1 is 1.04 bits per heavy atom. The van der Waals surface area contributed by atoms with Crippen LogP contribution in [-0.2, 0) is 14.8 Å². The van der Waals surface area contributed by atoms with E-state index in [4.69, 9.17) is 0 Å². The number of nitrogens with zero attached hydrogens (tertiary/aromatic N) is 2. The molecule has 0 N–H and O–H groups in total. The summed E-state index contributed by atoms with van der Waals surface area (Å²) < 4.78 is 25.0. The zero-order chi connectivity index (χ0) is 17.7. The number of piperidine rings is 1. The van der Waals surface area contributed by atoms with Crippen molar-refractivity contribution < 1.29 is 13.2 Å². The van der Waals surface area contributed by atoms with Gasteiger partial charge in [-0.25, -0.2) is 12.7 Å². The molecule has 2 heterocycles. The molecule has 1 amide bonds. The lowest BCUT2D eigenvalue weighted by atomic mass is 9.65. The molecule has 3 aliphatic rings. The Labute approximate surface area is 150 Å². The minimum atomic E-state index is -3.14. The number of benzene rings is 1. The van der Waals surface area contributed by atoms with Crippen LogP contribution in [0.4, 0.5) is 0 Å². The van der Waals surface area contributed by atoms with E-state index in [1.807, 2.05) is 18.2 Å². The number of amides is 1. The first-order chi connectivity index (χ1) is 11.9. The molecule has 5 nitrogen and oxygen atoms in total. The summed E-state index contributed by atoms with van der Waals surface area (Å²) >= 11 is 0. The van der Waals surface area contributed by atoms with Gasteiger partial charge in [0.25, 0.3) is 0 Å². The Kier molecular flexibility index (Phi) is 4.15. The quantitative estimate of drug-likeness (QED) is 0.777. The van der Waals surface area contributed by atoms with Gasteiger partial charge in [0.05, 0.1) is 17.7 Å². The summed E-state index contributed by atoms with van der Waals surface area (Å²) in [6.45, 7) is 1.03. The van der Waals surface area contributed by atoms with Crippen molar-refractivity contribution in [3.8, 4) is 0 Å². The number of carbonyl (C=O) groups excluding carboxylic acids is 1. The Balaban J connectivity index is 1.58. The Morgan fingerprint density at radius 2 is 1.64 bits per heavy atom. The van der Waals surface area contributed by atoms with E-state index >= 15 is 0 Å². The first-order valence-corrected chi connectivity index (χ1v) is 11.1. The first kappa shape index (κ1) is 17.0. The molecule has 0 radical (unpaired) electrons. The highest BCUT2D eigenvalue weighted by Crippen LogP contribution is 2.60. The third-order valence-corrected chi connectivity index (χ3v) is 7.66. The zero-order valence-electron chi connectivity index (χ0n) is 14.7. The lowest BCUT2D eigenvalue weighted by Crippen LogP contribution is -2.66.